The molecule has 7 heteroatoms. The van der Waals surface area contributed by atoms with Crippen LogP contribution in [0.3, 0.4) is 0 Å². The number of carboxylic acid groups (broad SMARTS) is 1. The zero-order valence-electron chi connectivity index (χ0n) is 8.63. The highest BCUT2D eigenvalue weighted by Gasteiger charge is 2.34. The average Bonchev–Trinajstić information content (AvgIpc) is 2.43. The third kappa shape index (κ3) is 1.64. The first-order valence-electron chi connectivity index (χ1n) is 4.76. The van der Waals surface area contributed by atoms with Gasteiger partial charge in [-0.1, -0.05) is 0 Å². The standard InChI is InChI=1S/C9H11NO4S2/c1-6-5-15-7(9(11)12)8(6)16(13,14)10-3-2-4-10/h5H,2-4H2,1H3,(H,11,12). The molecule has 2 heterocycles. The first-order valence-corrected chi connectivity index (χ1v) is 7.08. The Kier molecular flexibility index (Phi) is 2.77. The molecule has 2 rings (SSSR count). The summed E-state index contributed by atoms with van der Waals surface area (Å²) in [5.74, 6) is -1.18. The van der Waals surface area contributed by atoms with Crippen molar-refractivity contribution in [3.8, 4) is 0 Å². The van der Waals surface area contributed by atoms with Crippen LogP contribution in [0.5, 0.6) is 0 Å². The van der Waals surface area contributed by atoms with E-state index in [2.05, 4.69) is 0 Å². The Labute approximate surface area is 97.4 Å². The van der Waals surface area contributed by atoms with E-state index in [1.54, 1.807) is 12.3 Å². The Balaban J connectivity index is 2.54. The molecule has 0 atom stereocenters. The van der Waals surface area contributed by atoms with Gasteiger partial charge in [0.2, 0.25) is 10.0 Å². The molecule has 0 saturated carbocycles. The van der Waals surface area contributed by atoms with E-state index in [-0.39, 0.29) is 9.77 Å². The van der Waals surface area contributed by atoms with Crippen molar-refractivity contribution in [2.75, 3.05) is 13.1 Å². The van der Waals surface area contributed by atoms with Crippen molar-refractivity contribution in [3.05, 3.63) is 15.8 Å². The number of nitrogens with zero attached hydrogens (tertiary/aromatic N) is 1. The van der Waals surface area contributed by atoms with E-state index < -0.39 is 16.0 Å². The fraction of sp³-hybridized carbons (Fsp3) is 0.444. The molecule has 1 saturated heterocycles. The van der Waals surface area contributed by atoms with Crippen LogP contribution in [-0.2, 0) is 10.0 Å². The minimum Gasteiger partial charge on any atom is -0.477 e. The van der Waals surface area contributed by atoms with Crippen molar-refractivity contribution in [2.24, 2.45) is 0 Å². The van der Waals surface area contributed by atoms with Gasteiger partial charge < -0.3 is 5.11 Å². The molecule has 1 aromatic heterocycles. The normalized spacial score (nSPS) is 17.1. The fourth-order valence-electron chi connectivity index (χ4n) is 1.56. The van der Waals surface area contributed by atoms with Crippen LogP contribution >= 0.6 is 11.3 Å². The number of hydrogen-bond donors (Lipinski definition) is 1. The van der Waals surface area contributed by atoms with Gasteiger partial charge in [0.05, 0.1) is 0 Å². The summed E-state index contributed by atoms with van der Waals surface area (Å²) in [6.07, 6.45) is 0.838. The molecule has 1 aliphatic heterocycles. The lowest BCUT2D eigenvalue weighted by molar-refractivity contribution is 0.0698. The maximum atomic E-state index is 12.1. The summed E-state index contributed by atoms with van der Waals surface area (Å²) in [4.78, 5) is 10.8. The topological polar surface area (TPSA) is 74.7 Å². The molecule has 0 aliphatic carbocycles. The first-order chi connectivity index (χ1) is 7.44. The molecular weight excluding hydrogens is 250 g/mol. The van der Waals surface area contributed by atoms with E-state index in [9.17, 15) is 13.2 Å². The number of aryl methyl sites for hydroxylation is 1. The predicted molar refractivity (Wildman–Crippen MR) is 59.4 cm³/mol. The average molecular weight is 261 g/mol. The van der Waals surface area contributed by atoms with E-state index in [0.29, 0.717) is 18.7 Å². The minimum absolute atomic E-state index is 0.0373. The zero-order chi connectivity index (χ0) is 11.9. The molecule has 1 aliphatic rings. The van der Waals surface area contributed by atoms with Gasteiger partial charge in [-0.25, -0.2) is 13.2 Å². The lowest BCUT2D eigenvalue weighted by Gasteiger charge is -2.29. The number of carboxylic acids is 1. The molecule has 0 spiro atoms. The van der Waals surface area contributed by atoms with Gasteiger partial charge in [0.15, 0.2) is 0 Å². The number of thiophene rings is 1. The van der Waals surface area contributed by atoms with Gasteiger partial charge in [-0.15, -0.1) is 11.3 Å². The molecular formula is C9H11NO4S2. The van der Waals surface area contributed by atoms with Gasteiger partial charge in [-0.3, -0.25) is 0 Å². The molecule has 0 amide bonds. The second kappa shape index (κ2) is 3.83. The first kappa shape index (κ1) is 11.6. The summed E-state index contributed by atoms with van der Waals surface area (Å²) in [5, 5.41) is 10.5. The van der Waals surface area contributed by atoms with Crippen molar-refractivity contribution in [1.82, 2.24) is 4.31 Å². The van der Waals surface area contributed by atoms with Gasteiger partial charge in [-0.2, -0.15) is 4.31 Å². The lowest BCUT2D eigenvalue weighted by Crippen LogP contribution is -2.42. The summed E-state index contributed by atoms with van der Waals surface area (Å²) >= 11 is 0.958. The van der Waals surface area contributed by atoms with Gasteiger partial charge in [0, 0.05) is 13.1 Å². The highest BCUT2D eigenvalue weighted by Crippen LogP contribution is 2.31. The Morgan fingerprint density at radius 2 is 2.12 bits per heavy atom. The molecule has 5 nitrogen and oxygen atoms in total. The molecule has 88 valence electrons. The van der Waals surface area contributed by atoms with E-state index in [1.165, 1.54) is 4.31 Å². The smallest absolute Gasteiger partial charge is 0.347 e. The number of rotatable bonds is 3. The van der Waals surface area contributed by atoms with Gasteiger partial charge >= 0.3 is 5.97 Å². The molecule has 16 heavy (non-hydrogen) atoms. The van der Waals surface area contributed by atoms with Crippen LogP contribution in [0.4, 0.5) is 0 Å². The van der Waals surface area contributed by atoms with Crippen LogP contribution < -0.4 is 0 Å². The molecule has 1 N–H and O–H groups in total. The Morgan fingerprint density at radius 1 is 1.50 bits per heavy atom. The number of sulfonamides is 1. The molecule has 0 radical (unpaired) electrons. The van der Waals surface area contributed by atoms with Gasteiger partial charge in [0.25, 0.3) is 0 Å². The monoisotopic (exact) mass is 261 g/mol. The SMILES string of the molecule is Cc1csc(C(=O)O)c1S(=O)(=O)N1CCC1. The second-order valence-corrected chi connectivity index (χ2v) is 6.39. The highest BCUT2D eigenvalue weighted by molar-refractivity contribution is 7.89. The van der Waals surface area contributed by atoms with Crippen molar-refractivity contribution in [2.45, 2.75) is 18.2 Å². The summed E-state index contributed by atoms with van der Waals surface area (Å²) in [5.41, 5.74) is 0.509. The van der Waals surface area contributed by atoms with Crippen LogP contribution in [0.2, 0.25) is 0 Å². The van der Waals surface area contributed by atoms with E-state index in [0.717, 1.165) is 17.8 Å². The summed E-state index contributed by atoms with van der Waals surface area (Å²) in [6, 6.07) is 0. The highest BCUT2D eigenvalue weighted by atomic mass is 32.2. The third-order valence-electron chi connectivity index (χ3n) is 2.53. The number of hydrogen-bond acceptors (Lipinski definition) is 4. The van der Waals surface area contributed by atoms with Crippen molar-refractivity contribution in [3.63, 3.8) is 0 Å². The van der Waals surface area contributed by atoms with E-state index >= 15 is 0 Å². The van der Waals surface area contributed by atoms with Crippen molar-refractivity contribution in [1.29, 1.82) is 0 Å². The van der Waals surface area contributed by atoms with Crippen molar-refractivity contribution < 1.29 is 18.3 Å². The van der Waals surface area contributed by atoms with Gasteiger partial charge in [-0.05, 0) is 24.3 Å². The van der Waals surface area contributed by atoms with Crippen molar-refractivity contribution >= 4 is 27.3 Å². The Bertz CT molecular complexity index is 528. The molecule has 1 aromatic rings. The number of carbonyl (C=O) groups is 1. The van der Waals surface area contributed by atoms with E-state index in [4.69, 9.17) is 5.11 Å². The van der Waals surface area contributed by atoms with Crippen LogP contribution in [0.15, 0.2) is 10.3 Å². The summed E-state index contributed by atoms with van der Waals surface area (Å²) < 4.78 is 25.5. The van der Waals surface area contributed by atoms with Crippen LogP contribution in [0, 0.1) is 6.92 Å². The zero-order valence-corrected chi connectivity index (χ0v) is 10.3. The van der Waals surface area contributed by atoms with Crippen LogP contribution in [-0.4, -0.2) is 36.9 Å². The largest absolute Gasteiger partial charge is 0.477 e. The number of aromatic carboxylic acids is 1. The van der Waals surface area contributed by atoms with Gasteiger partial charge in [0.1, 0.15) is 9.77 Å². The quantitative estimate of drug-likeness (QED) is 0.885. The fourth-order valence-corrected chi connectivity index (χ4v) is 4.66. The Hall–Kier alpha value is -0.920. The molecule has 0 bridgehead atoms. The lowest BCUT2D eigenvalue weighted by atomic mass is 10.3. The maximum absolute atomic E-state index is 12.1. The maximum Gasteiger partial charge on any atom is 0.347 e. The predicted octanol–water partition coefficient (Wildman–Crippen LogP) is 1.15. The molecule has 0 aromatic carbocycles. The third-order valence-corrected chi connectivity index (χ3v) is 5.83. The molecule has 1 fully saturated rings. The van der Waals surface area contributed by atoms with E-state index in [1.807, 2.05) is 0 Å². The second-order valence-electron chi connectivity index (χ2n) is 3.64. The minimum atomic E-state index is -3.60. The Morgan fingerprint density at radius 3 is 2.56 bits per heavy atom. The molecule has 0 unspecified atom stereocenters. The summed E-state index contributed by atoms with van der Waals surface area (Å²) in [6.45, 7) is 2.59. The van der Waals surface area contributed by atoms with Crippen LogP contribution in [0.25, 0.3) is 0 Å². The van der Waals surface area contributed by atoms with Crippen LogP contribution in [0.1, 0.15) is 21.7 Å². The summed E-state index contributed by atoms with van der Waals surface area (Å²) in [7, 11) is -3.60.